The van der Waals surface area contributed by atoms with Crippen LogP contribution in [0.5, 0.6) is 0 Å². The van der Waals surface area contributed by atoms with Gasteiger partial charge in [0.05, 0.1) is 6.85 Å². The van der Waals surface area contributed by atoms with E-state index in [9.17, 15) is 0 Å². The Hall–Kier alpha value is -6.44. The van der Waals surface area contributed by atoms with Crippen LogP contribution in [-0.2, 0) is 0 Å². The van der Waals surface area contributed by atoms with Gasteiger partial charge in [-0.1, -0.05) is 139 Å². The first kappa shape index (κ1) is 23.0. The van der Waals surface area contributed by atoms with E-state index in [1.54, 1.807) is 0 Å². The molecule has 0 unspecified atom stereocenters. The van der Waals surface area contributed by atoms with Crippen LogP contribution < -0.4 is 0 Å². The first-order valence-electron chi connectivity index (χ1n) is 18.9. The number of furan rings is 1. The lowest BCUT2D eigenvalue weighted by atomic mass is 9.84. The third-order valence-corrected chi connectivity index (χ3v) is 9.68. The molecule has 0 atom stereocenters. The highest BCUT2D eigenvalue weighted by molar-refractivity contribution is 6.22. The largest absolute Gasteiger partial charge is 0.456 e. The Morgan fingerprint density at radius 3 is 1.53 bits per heavy atom. The standard InChI is InChI=1S/C48H30O/c1-3-13-31(14-4-1)36-25-37(32-15-5-2-6-16-32)27-38(26-36)48-42-21-11-9-19-40(42)47(41-20-10-12-22-43(41)48)35-23-24-39-44-28-33-17-7-8-18-34(33)29-46(44)49-45(39)30-35/h1-30H/i1D,3D,4D,13D,14D. The van der Waals surface area contributed by atoms with Crippen LogP contribution in [0, 0.1) is 0 Å². The monoisotopic (exact) mass is 627 g/mol. The molecule has 0 saturated carbocycles. The molecule has 0 radical (unpaired) electrons. The zero-order chi connectivity index (χ0) is 36.7. The summed E-state index contributed by atoms with van der Waals surface area (Å²) in [7, 11) is 0. The summed E-state index contributed by atoms with van der Waals surface area (Å²) >= 11 is 0. The average Bonchev–Trinajstić information content (AvgIpc) is 3.57. The van der Waals surface area contributed by atoms with Crippen molar-refractivity contribution < 1.29 is 11.3 Å². The van der Waals surface area contributed by atoms with Crippen molar-refractivity contribution in [3.05, 3.63) is 182 Å². The molecule has 0 aliphatic heterocycles. The van der Waals surface area contributed by atoms with Crippen LogP contribution in [-0.4, -0.2) is 0 Å². The van der Waals surface area contributed by atoms with E-state index in [-0.39, 0.29) is 29.7 Å². The minimum absolute atomic E-state index is 0.178. The quantitative estimate of drug-likeness (QED) is 0.177. The summed E-state index contributed by atoms with van der Waals surface area (Å²) in [5.74, 6) is 0. The number of rotatable bonds is 4. The number of fused-ring (bicyclic) bond motifs is 6. The van der Waals surface area contributed by atoms with Crippen molar-refractivity contribution in [2.45, 2.75) is 0 Å². The summed E-state index contributed by atoms with van der Waals surface area (Å²) in [6.45, 7) is 0. The van der Waals surface area contributed by atoms with Crippen molar-refractivity contribution in [3.63, 3.8) is 0 Å². The van der Waals surface area contributed by atoms with E-state index >= 15 is 0 Å². The first-order chi connectivity index (χ1) is 26.4. The second-order valence-electron chi connectivity index (χ2n) is 12.5. The Bertz CT molecular complexity index is 3080. The molecule has 0 aliphatic rings. The fourth-order valence-electron chi connectivity index (χ4n) is 7.48. The molecule has 1 heteroatoms. The maximum atomic E-state index is 8.86. The topological polar surface area (TPSA) is 13.1 Å². The Kier molecular flexibility index (Phi) is 5.20. The highest BCUT2D eigenvalue weighted by Crippen LogP contribution is 2.46. The van der Waals surface area contributed by atoms with Gasteiger partial charge in [-0.05, 0) is 119 Å². The van der Waals surface area contributed by atoms with Crippen molar-refractivity contribution in [2.24, 2.45) is 0 Å². The zero-order valence-corrected chi connectivity index (χ0v) is 26.3. The first-order valence-corrected chi connectivity index (χ1v) is 16.4. The summed E-state index contributed by atoms with van der Waals surface area (Å²) < 4.78 is 49.4. The van der Waals surface area contributed by atoms with Gasteiger partial charge in [-0.25, -0.2) is 0 Å². The van der Waals surface area contributed by atoms with Gasteiger partial charge in [-0.2, -0.15) is 0 Å². The van der Waals surface area contributed by atoms with Gasteiger partial charge < -0.3 is 4.42 Å². The predicted octanol–water partition coefficient (Wildman–Crippen LogP) is 13.7. The normalized spacial score (nSPS) is 13.1. The Labute approximate surface area is 291 Å². The van der Waals surface area contributed by atoms with E-state index in [0.29, 0.717) is 5.56 Å². The van der Waals surface area contributed by atoms with Gasteiger partial charge in [0, 0.05) is 10.8 Å². The molecule has 1 nitrogen and oxygen atoms in total. The van der Waals surface area contributed by atoms with Gasteiger partial charge in [-0.3, -0.25) is 0 Å². The van der Waals surface area contributed by atoms with Gasteiger partial charge in [-0.15, -0.1) is 0 Å². The molecule has 0 saturated heterocycles. The van der Waals surface area contributed by atoms with E-state index < -0.39 is 6.04 Å². The van der Waals surface area contributed by atoms with Gasteiger partial charge in [0.2, 0.25) is 0 Å². The highest BCUT2D eigenvalue weighted by Gasteiger charge is 2.19. The molecule has 10 rings (SSSR count). The van der Waals surface area contributed by atoms with Crippen LogP contribution in [0.3, 0.4) is 0 Å². The molecule has 0 amide bonds. The zero-order valence-electron chi connectivity index (χ0n) is 31.3. The number of hydrogen-bond donors (Lipinski definition) is 0. The van der Waals surface area contributed by atoms with Crippen molar-refractivity contribution in [1.82, 2.24) is 0 Å². The minimum Gasteiger partial charge on any atom is -0.456 e. The summed E-state index contributed by atoms with van der Waals surface area (Å²) in [6.07, 6.45) is 0. The SMILES string of the molecule is [2H]c1c([2H])c([2H])c(-c2cc(-c3ccccc3)cc(-c3c4ccccc4c(-c4ccc5c(c4)oc4cc6ccccc6cc45)c4ccccc34)c2)c([2H])c1[2H]. The molecule has 0 N–H and O–H groups in total. The van der Waals surface area contributed by atoms with E-state index in [2.05, 4.69) is 103 Å². The molecule has 0 spiro atoms. The van der Waals surface area contributed by atoms with Crippen molar-refractivity contribution in [2.75, 3.05) is 0 Å². The van der Waals surface area contributed by atoms with Crippen LogP contribution in [0.2, 0.25) is 0 Å². The summed E-state index contributed by atoms with van der Waals surface area (Å²) in [5.41, 5.74) is 8.31. The lowest BCUT2D eigenvalue weighted by Crippen LogP contribution is -1.92. The Morgan fingerprint density at radius 2 is 0.857 bits per heavy atom. The average molecular weight is 628 g/mol. The molecule has 10 aromatic rings. The van der Waals surface area contributed by atoms with E-state index in [1.165, 1.54) is 5.39 Å². The van der Waals surface area contributed by atoms with Crippen LogP contribution in [0.15, 0.2) is 186 Å². The number of hydrogen-bond acceptors (Lipinski definition) is 1. The molecular weight excluding hydrogens is 593 g/mol. The molecule has 0 fully saturated rings. The Balaban J connectivity index is 1.25. The molecular formula is C48H30O. The molecule has 49 heavy (non-hydrogen) atoms. The summed E-state index contributed by atoms with van der Waals surface area (Å²) in [4.78, 5) is 0. The van der Waals surface area contributed by atoms with Gasteiger partial charge in [0.1, 0.15) is 11.2 Å². The van der Waals surface area contributed by atoms with Crippen LogP contribution in [0.4, 0.5) is 0 Å². The molecule has 9 aromatic carbocycles. The lowest BCUT2D eigenvalue weighted by molar-refractivity contribution is 0.669. The van der Waals surface area contributed by atoms with Crippen molar-refractivity contribution in [1.29, 1.82) is 0 Å². The van der Waals surface area contributed by atoms with E-state index in [4.69, 9.17) is 11.3 Å². The molecule has 0 bridgehead atoms. The third kappa shape index (κ3) is 4.55. The van der Waals surface area contributed by atoms with Crippen LogP contribution in [0.1, 0.15) is 6.85 Å². The minimum atomic E-state index is -0.407. The summed E-state index contributed by atoms with van der Waals surface area (Å²) in [5, 5.41) is 8.71. The van der Waals surface area contributed by atoms with Gasteiger partial charge in [0.15, 0.2) is 0 Å². The molecule has 1 aromatic heterocycles. The van der Waals surface area contributed by atoms with Crippen LogP contribution in [0.25, 0.3) is 98.8 Å². The maximum absolute atomic E-state index is 8.86. The lowest BCUT2D eigenvalue weighted by Gasteiger charge is -2.19. The Morgan fingerprint density at radius 1 is 0.327 bits per heavy atom. The second kappa shape index (κ2) is 11.1. The van der Waals surface area contributed by atoms with Gasteiger partial charge >= 0.3 is 0 Å². The van der Waals surface area contributed by atoms with Crippen molar-refractivity contribution in [3.8, 4) is 44.5 Å². The fourth-order valence-corrected chi connectivity index (χ4v) is 7.48. The molecule has 228 valence electrons. The highest BCUT2D eigenvalue weighted by atomic mass is 16.3. The van der Waals surface area contributed by atoms with E-state index in [0.717, 1.165) is 82.3 Å². The fraction of sp³-hybridized carbons (Fsp3) is 0. The number of benzene rings is 9. The predicted molar refractivity (Wildman–Crippen MR) is 208 cm³/mol. The van der Waals surface area contributed by atoms with Crippen molar-refractivity contribution >= 4 is 54.3 Å². The smallest absolute Gasteiger partial charge is 0.136 e. The maximum Gasteiger partial charge on any atom is 0.136 e. The molecule has 0 aliphatic carbocycles. The summed E-state index contributed by atoms with van der Waals surface area (Å²) in [6, 6.07) is 50.5. The van der Waals surface area contributed by atoms with Gasteiger partial charge in [0.25, 0.3) is 0 Å². The van der Waals surface area contributed by atoms with Crippen LogP contribution >= 0.6 is 0 Å². The second-order valence-corrected chi connectivity index (χ2v) is 12.5. The molecule has 1 heterocycles. The third-order valence-electron chi connectivity index (χ3n) is 9.68. The van der Waals surface area contributed by atoms with E-state index in [1.807, 2.05) is 48.5 Å².